The molecule has 6 nitrogen and oxygen atoms in total. The predicted molar refractivity (Wildman–Crippen MR) is 181 cm³/mol. The van der Waals surface area contributed by atoms with Gasteiger partial charge in [-0.2, -0.15) is 0 Å². The fourth-order valence-corrected chi connectivity index (χ4v) is 5.78. The first-order valence-electron chi connectivity index (χ1n) is 18.0. The lowest BCUT2D eigenvalue weighted by Crippen LogP contribution is -2.08. The van der Waals surface area contributed by atoms with E-state index in [1.54, 1.807) is 0 Å². The van der Waals surface area contributed by atoms with Gasteiger partial charge in [0.1, 0.15) is 0 Å². The summed E-state index contributed by atoms with van der Waals surface area (Å²) in [4.78, 5) is 33.6. The summed E-state index contributed by atoms with van der Waals surface area (Å²) in [6.07, 6.45) is 39.2. The van der Waals surface area contributed by atoms with Crippen LogP contribution in [0.2, 0.25) is 0 Å². The van der Waals surface area contributed by atoms with Crippen molar-refractivity contribution < 1.29 is 28.1 Å². The molecular formula is C36H67O6P. The fourth-order valence-electron chi connectivity index (χ4n) is 5.05. The zero-order valence-corrected chi connectivity index (χ0v) is 28.9. The van der Waals surface area contributed by atoms with Gasteiger partial charge in [0, 0.05) is 12.8 Å². The first-order valence-corrected chi connectivity index (χ1v) is 19.5. The van der Waals surface area contributed by atoms with Crippen LogP contribution in [-0.2, 0) is 23.2 Å². The lowest BCUT2D eigenvalue weighted by Gasteiger charge is -2.11. The molecule has 0 amide bonds. The predicted octanol–water partition coefficient (Wildman–Crippen LogP) is 12.2. The van der Waals surface area contributed by atoms with Gasteiger partial charge in [0.2, 0.25) is 0 Å². The monoisotopic (exact) mass is 626 g/mol. The summed E-state index contributed by atoms with van der Waals surface area (Å²) in [7, 11) is -4.70. The molecule has 0 aliphatic rings. The van der Waals surface area contributed by atoms with Crippen molar-refractivity contribution in [2.75, 3.05) is 0 Å². The van der Waals surface area contributed by atoms with E-state index in [0.29, 0.717) is 12.8 Å². The molecule has 43 heavy (non-hydrogen) atoms. The summed E-state index contributed by atoms with van der Waals surface area (Å²) >= 11 is 0. The van der Waals surface area contributed by atoms with Crippen LogP contribution in [0, 0.1) is 0 Å². The van der Waals surface area contributed by atoms with Crippen LogP contribution in [-0.4, -0.2) is 16.8 Å². The van der Waals surface area contributed by atoms with E-state index in [1.165, 1.54) is 89.9 Å². The average Bonchev–Trinajstić information content (AvgIpc) is 2.96. The molecule has 7 heteroatoms. The Kier molecular flexibility index (Phi) is 31.0. The Labute approximate surface area is 265 Å². The van der Waals surface area contributed by atoms with Crippen molar-refractivity contribution in [3.63, 3.8) is 0 Å². The minimum atomic E-state index is -4.70. The maximum atomic E-state index is 12.0. The molecule has 0 spiro atoms. The summed E-state index contributed by atoms with van der Waals surface area (Å²) in [6.45, 7) is 4.49. The third kappa shape index (κ3) is 33.3. The first-order chi connectivity index (χ1) is 20.9. The van der Waals surface area contributed by atoms with Gasteiger partial charge in [0.25, 0.3) is 0 Å². The van der Waals surface area contributed by atoms with Crippen LogP contribution in [0.25, 0.3) is 0 Å². The summed E-state index contributed by atoms with van der Waals surface area (Å²) in [6, 6.07) is 0. The third-order valence-corrected chi connectivity index (χ3v) is 8.59. The van der Waals surface area contributed by atoms with Gasteiger partial charge in [0.15, 0.2) is 0 Å². The molecule has 0 rings (SSSR count). The molecule has 0 radical (unpaired) electrons. The van der Waals surface area contributed by atoms with Crippen LogP contribution in [0.4, 0.5) is 0 Å². The second-order valence-corrected chi connectivity index (χ2v) is 13.4. The molecule has 0 saturated carbocycles. The minimum absolute atomic E-state index is 0.0501. The van der Waals surface area contributed by atoms with E-state index in [9.17, 15) is 19.0 Å². The van der Waals surface area contributed by atoms with Crippen LogP contribution < -0.4 is 0 Å². The Bertz CT molecular complexity index is 690. The first kappa shape index (κ1) is 41.6. The molecule has 0 fully saturated rings. The van der Waals surface area contributed by atoms with E-state index in [4.69, 9.17) is 0 Å². The quantitative estimate of drug-likeness (QED) is 0.0454. The standard InChI is InChI=1S/C36H67O6P/c1-3-5-7-9-11-13-15-17-19-21-23-25-27-29-31-33-35(37)41-43(39,40)42-36(38)34-32-30-28-26-24-22-20-18-16-14-12-10-8-6-4-2/h17-20H,3-16,21-34H2,1-2H3,(H,39,40). The fraction of sp³-hybridized carbons (Fsp3) is 0.833. The van der Waals surface area contributed by atoms with Gasteiger partial charge in [-0.1, -0.05) is 141 Å². The van der Waals surface area contributed by atoms with E-state index >= 15 is 0 Å². The highest BCUT2D eigenvalue weighted by Crippen LogP contribution is 2.44. The maximum Gasteiger partial charge on any atom is 0.589 e. The molecule has 1 N–H and O–H groups in total. The van der Waals surface area contributed by atoms with Gasteiger partial charge in [-0.25, -0.2) is 4.57 Å². The van der Waals surface area contributed by atoms with Crippen LogP contribution in [0.3, 0.4) is 0 Å². The lowest BCUT2D eigenvalue weighted by atomic mass is 10.1. The molecule has 0 aromatic rings. The van der Waals surface area contributed by atoms with Crippen molar-refractivity contribution in [3.05, 3.63) is 24.3 Å². The SMILES string of the molecule is CCCCCCCCC=CCCCCCCCC(=O)OP(=O)(O)OC(=O)CCCCCCCC=CCCCCCCCC. The molecule has 252 valence electrons. The molecule has 0 aliphatic carbocycles. The van der Waals surface area contributed by atoms with Crippen molar-refractivity contribution >= 4 is 19.8 Å². The molecule has 0 atom stereocenters. The van der Waals surface area contributed by atoms with Gasteiger partial charge >= 0.3 is 19.8 Å². The number of phosphoric ester groups is 1. The Balaban J connectivity index is 3.62. The Morgan fingerprint density at radius 3 is 1.02 bits per heavy atom. The average molecular weight is 627 g/mol. The molecule has 0 bridgehead atoms. The van der Waals surface area contributed by atoms with Crippen molar-refractivity contribution in [1.29, 1.82) is 0 Å². The number of phosphoric acid groups is 1. The summed E-state index contributed by atoms with van der Waals surface area (Å²) in [5.41, 5.74) is 0. The Morgan fingerprint density at radius 1 is 0.465 bits per heavy atom. The molecular weight excluding hydrogens is 559 g/mol. The second-order valence-electron chi connectivity index (χ2n) is 12.1. The van der Waals surface area contributed by atoms with Gasteiger partial charge < -0.3 is 9.05 Å². The van der Waals surface area contributed by atoms with Crippen LogP contribution in [0.1, 0.15) is 194 Å². The van der Waals surface area contributed by atoms with Gasteiger partial charge in [0.05, 0.1) is 0 Å². The van der Waals surface area contributed by atoms with E-state index < -0.39 is 19.8 Å². The van der Waals surface area contributed by atoms with E-state index in [1.807, 2.05) is 0 Å². The summed E-state index contributed by atoms with van der Waals surface area (Å²) in [5, 5.41) is 0. The molecule has 0 aromatic heterocycles. The Hall–Kier alpha value is -1.39. The van der Waals surface area contributed by atoms with Crippen LogP contribution in [0.15, 0.2) is 24.3 Å². The number of hydrogen-bond donors (Lipinski definition) is 1. The zero-order chi connectivity index (χ0) is 31.7. The van der Waals surface area contributed by atoms with E-state index in [0.717, 1.165) is 64.2 Å². The second kappa shape index (κ2) is 32.0. The van der Waals surface area contributed by atoms with Gasteiger partial charge in [-0.3, -0.25) is 14.5 Å². The van der Waals surface area contributed by atoms with Gasteiger partial charge in [-0.05, 0) is 64.2 Å². The van der Waals surface area contributed by atoms with Crippen LogP contribution in [0.5, 0.6) is 0 Å². The number of carbonyl (C=O) groups excluding carboxylic acids is 2. The van der Waals surface area contributed by atoms with Crippen LogP contribution >= 0.6 is 7.82 Å². The van der Waals surface area contributed by atoms with Crippen molar-refractivity contribution in [3.8, 4) is 0 Å². The topological polar surface area (TPSA) is 89.9 Å². The lowest BCUT2D eigenvalue weighted by molar-refractivity contribution is -0.140. The van der Waals surface area contributed by atoms with Gasteiger partial charge in [-0.15, -0.1) is 0 Å². The number of unbranched alkanes of at least 4 members (excludes halogenated alkanes) is 22. The molecule has 0 aromatic carbocycles. The van der Waals surface area contributed by atoms with E-state index in [-0.39, 0.29) is 12.8 Å². The molecule has 0 heterocycles. The molecule has 0 unspecified atom stereocenters. The summed E-state index contributed by atoms with van der Waals surface area (Å²) in [5.74, 6) is -1.59. The molecule has 0 aliphatic heterocycles. The highest BCUT2D eigenvalue weighted by atomic mass is 31.2. The Morgan fingerprint density at radius 2 is 0.721 bits per heavy atom. The maximum absolute atomic E-state index is 12.0. The number of carbonyl (C=O) groups is 2. The van der Waals surface area contributed by atoms with Crippen molar-refractivity contribution in [1.82, 2.24) is 0 Å². The minimum Gasteiger partial charge on any atom is -0.361 e. The highest BCUT2D eigenvalue weighted by molar-refractivity contribution is 7.48. The molecule has 0 saturated heterocycles. The zero-order valence-electron chi connectivity index (χ0n) is 28.0. The smallest absolute Gasteiger partial charge is 0.361 e. The highest BCUT2D eigenvalue weighted by Gasteiger charge is 2.30. The number of allylic oxidation sites excluding steroid dienone is 4. The largest absolute Gasteiger partial charge is 0.589 e. The van der Waals surface area contributed by atoms with Crippen molar-refractivity contribution in [2.45, 2.75) is 194 Å². The number of rotatable bonds is 32. The number of hydrogen-bond acceptors (Lipinski definition) is 5. The third-order valence-electron chi connectivity index (χ3n) is 7.72. The van der Waals surface area contributed by atoms with Crippen molar-refractivity contribution in [2.24, 2.45) is 0 Å². The normalized spacial score (nSPS) is 13.1. The van der Waals surface area contributed by atoms with E-state index in [2.05, 4.69) is 47.2 Å². The summed E-state index contributed by atoms with van der Waals surface area (Å²) < 4.78 is 21.2.